The van der Waals surface area contributed by atoms with Gasteiger partial charge in [0.2, 0.25) is 0 Å². The van der Waals surface area contributed by atoms with Crippen LogP contribution in [0.15, 0.2) is 48.5 Å². The van der Waals surface area contributed by atoms with Crippen molar-refractivity contribution in [2.24, 2.45) is 0 Å². The Morgan fingerprint density at radius 1 is 0.560 bits per heavy atom. The summed E-state index contributed by atoms with van der Waals surface area (Å²) < 4.78 is -1.71. The maximum atomic E-state index is 4.81. The van der Waals surface area contributed by atoms with Crippen LogP contribution in [0.25, 0.3) is 0 Å². The number of hydrogen-bond donors (Lipinski definition) is 4. The molecule has 0 aliphatic heterocycles. The Labute approximate surface area is 183 Å². The molecule has 0 aliphatic carbocycles. The first-order chi connectivity index (χ1) is 11.1. The number of hydrogen-bond acceptors (Lipinski definition) is 6. The average molecular weight is 455 g/mol. The summed E-state index contributed by atoms with van der Waals surface area (Å²) in [5, 5.41) is 0. The molecular weight excluding hydrogens is 431 g/mol. The molecule has 0 aromatic heterocycles. The Hall–Kier alpha value is -0.0665. The van der Waals surface area contributed by atoms with Gasteiger partial charge in [0.25, 0.3) is 0 Å². The molecule has 0 amide bonds. The number of anilines is 2. The van der Waals surface area contributed by atoms with Crippen LogP contribution in [-0.4, -0.2) is 28.2 Å². The van der Waals surface area contributed by atoms with Gasteiger partial charge in [0.1, 0.15) is 8.16 Å². The molecule has 2 aromatic carbocycles. The van der Waals surface area contributed by atoms with E-state index >= 15 is 0 Å². The maximum absolute atomic E-state index is 4.81. The fraction of sp³-hybridized carbons (Fsp3) is 0.333. The van der Waals surface area contributed by atoms with Crippen molar-refractivity contribution in [2.45, 2.75) is 8.16 Å². The Bertz CT molecular complexity index is 622. The molecule has 2 nitrogen and oxygen atoms in total. The van der Waals surface area contributed by atoms with Gasteiger partial charge in [0.05, 0.1) is 0 Å². The summed E-state index contributed by atoms with van der Waals surface area (Å²) in [5.41, 5.74) is 4.13. The number of rotatable bonds is 5. The fourth-order valence-corrected chi connectivity index (χ4v) is 3.50. The van der Waals surface area contributed by atoms with E-state index in [0.29, 0.717) is 0 Å². The van der Waals surface area contributed by atoms with Crippen molar-refractivity contribution in [1.29, 1.82) is 0 Å². The molecule has 0 saturated carbocycles. The van der Waals surface area contributed by atoms with Crippen molar-refractivity contribution in [3.63, 3.8) is 0 Å². The van der Waals surface area contributed by atoms with E-state index in [1.165, 1.54) is 0 Å². The normalized spacial score (nSPS) is 11.7. The maximum Gasteiger partial charge on any atom is 0.108 e. The topological polar surface area (TPSA) is 6.48 Å². The van der Waals surface area contributed by atoms with Gasteiger partial charge in [-0.2, -0.15) is 50.5 Å². The van der Waals surface area contributed by atoms with Crippen LogP contribution < -0.4 is 9.80 Å². The van der Waals surface area contributed by atoms with Crippen molar-refractivity contribution >= 4 is 61.9 Å². The van der Waals surface area contributed by atoms with Crippen LogP contribution in [0.1, 0.15) is 11.1 Å². The quantitative estimate of drug-likeness (QED) is 0.299. The predicted molar refractivity (Wildman–Crippen MR) is 121 cm³/mol. The van der Waals surface area contributed by atoms with Gasteiger partial charge in [-0.15, -0.1) is 0 Å². The molecule has 0 bridgehead atoms. The first-order valence-electron chi connectivity index (χ1n) is 7.52. The SMILES string of the molecule is CN(C)c1ccc(C(S)(S)C(S)(S)c2ccc(N(C)C)cc2)cc1.[Ni]. The van der Waals surface area contributed by atoms with Crippen molar-refractivity contribution in [3.05, 3.63) is 59.7 Å². The number of thiol groups is 4. The van der Waals surface area contributed by atoms with Gasteiger partial charge < -0.3 is 9.80 Å². The Morgan fingerprint density at radius 3 is 1.00 bits per heavy atom. The monoisotopic (exact) mass is 454 g/mol. The van der Waals surface area contributed by atoms with E-state index in [2.05, 4.69) is 9.80 Å². The molecule has 0 spiro atoms. The van der Waals surface area contributed by atoms with Crippen LogP contribution in [-0.2, 0) is 24.6 Å². The first kappa shape index (κ1) is 23.0. The van der Waals surface area contributed by atoms with Crippen LogP contribution in [0, 0.1) is 0 Å². The zero-order valence-corrected chi connectivity index (χ0v) is 19.2. The van der Waals surface area contributed by atoms with Crippen molar-refractivity contribution in [3.8, 4) is 0 Å². The van der Waals surface area contributed by atoms with Gasteiger partial charge in [-0.25, -0.2) is 0 Å². The first-order valence-corrected chi connectivity index (χ1v) is 9.31. The third-order valence-corrected chi connectivity index (χ3v) is 7.14. The molecule has 0 aliphatic rings. The molecule has 0 N–H and O–H groups in total. The van der Waals surface area contributed by atoms with E-state index in [0.717, 1.165) is 22.5 Å². The van der Waals surface area contributed by atoms with Gasteiger partial charge in [-0.1, -0.05) is 24.3 Å². The molecule has 7 heteroatoms. The van der Waals surface area contributed by atoms with Crippen LogP contribution in [0.5, 0.6) is 0 Å². The average Bonchev–Trinajstić information content (AvgIpc) is 2.54. The smallest absolute Gasteiger partial charge is 0.108 e. The van der Waals surface area contributed by atoms with Crippen LogP contribution in [0.4, 0.5) is 11.4 Å². The minimum absolute atomic E-state index is 0. The molecule has 2 aromatic rings. The Morgan fingerprint density at radius 2 is 0.800 bits per heavy atom. The van der Waals surface area contributed by atoms with Gasteiger partial charge in [-0.3, -0.25) is 0 Å². The molecule has 0 radical (unpaired) electrons. The summed E-state index contributed by atoms with van der Waals surface area (Å²) in [6, 6.07) is 16.3. The Balaban J connectivity index is 0.00000312. The zero-order chi connectivity index (χ0) is 18.1. The van der Waals surface area contributed by atoms with Gasteiger partial charge in [0.15, 0.2) is 0 Å². The standard InChI is InChI=1S/C18H24N2S4.Ni/c1-19(2)15-9-5-13(6-10-15)17(21,22)18(23,24)14-7-11-16(12-8-14)20(3)4;/h5-12,21-24H,1-4H3;. The van der Waals surface area contributed by atoms with Crippen LogP contribution >= 0.6 is 50.5 Å². The van der Waals surface area contributed by atoms with Gasteiger partial charge in [0, 0.05) is 56.1 Å². The molecule has 0 fully saturated rings. The second-order valence-corrected chi connectivity index (χ2v) is 9.62. The van der Waals surface area contributed by atoms with Crippen molar-refractivity contribution in [1.82, 2.24) is 0 Å². The van der Waals surface area contributed by atoms with Gasteiger partial charge in [-0.05, 0) is 35.4 Å². The number of nitrogens with zero attached hydrogens (tertiary/aromatic N) is 2. The second-order valence-electron chi connectivity index (χ2n) is 6.23. The molecule has 0 unspecified atom stereocenters. The van der Waals surface area contributed by atoms with E-state index in [-0.39, 0.29) is 16.5 Å². The van der Waals surface area contributed by atoms with E-state index in [1.54, 1.807) is 0 Å². The van der Waals surface area contributed by atoms with Crippen molar-refractivity contribution in [2.75, 3.05) is 38.0 Å². The minimum atomic E-state index is -0.857. The third kappa shape index (κ3) is 4.81. The summed E-state index contributed by atoms with van der Waals surface area (Å²) in [6.45, 7) is 0. The largest absolute Gasteiger partial charge is 0.378 e. The summed E-state index contributed by atoms with van der Waals surface area (Å²) in [5.74, 6) is 0. The van der Waals surface area contributed by atoms with E-state index in [4.69, 9.17) is 50.5 Å². The van der Waals surface area contributed by atoms with Gasteiger partial charge >= 0.3 is 0 Å². The summed E-state index contributed by atoms with van der Waals surface area (Å²) >= 11 is 19.2. The van der Waals surface area contributed by atoms with E-state index in [1.807, 2.05) is 76.7 Å². The van der Waals surface area contributed by atoms with E-state index in [9.17, 15) is 0 Å². The van der Waals surface area contributed by atoms with Crippen molar-refractivity contribution < 1.29 is 16.5 Å². The summed E-state index contributed by atoms with van der Waals surface area (Å²) in [4.78, 5) is 4.11. The zero-order valence-electron chi connectivity index (χ0n) is 14.6. The molecular formula is C18H24N2NiS4. The summed E-state index contributed by atoms with van der Waals surface area (Å²) in [7, 11) is 8.05. The summed E-state index contributed by atoms with van der Waals surface area (Å²) in [6.07, 6.45) is 0. The molecule has 0 saturated heterocycles. The Kier molecular flexibility index (Phi) is 8.04. The number of benzene rings is 2. The van der Waals surface area contributed by atoms with E-state index < -0.39 is 8.16 Å². The molecule has 0 atom stereocenters. The third-order valence-electron chi connectivity index (χ3n) is 4.06. The molecule has 140 valence electrons. The van der Waals surface area contributed by atoms with Crippen LogP contribution in [0.3, 0.4) is 0 Å². The second kappa shape index (κ2) is 8.75. The van der Waals surface area contributed by atoms with Crippen LogP contribution in [0.2, 0.25) is 0 Å². The molecule has 0 heterocycles. The molecule has 2 rings (SSSR count). The fourth-order valence-electron chi connectivity index (χ4n) is 2.39. The molecule has 25 heavy (non-hydrogen) atoms. The predicted octanol–water partition coefficient (Wildman–Crippen LogP) is 4.54. The minimum Gasteiger partial charge on any atom is -0.378 e.